The number of esters is 1. The largest absolute Gasteiger partial charge is 0.460 e. The highest BCUT2D eigenvalue weighted by atomic mass is 16.5. The highest BCUT2D eigenvalue weighted by Crippen LogP contribution is 2.01. The van der Waals surface area contributed by atoms with Crippen LogP contribution in [0.15, 0.2) is 30.3 Å². The molecule has 4 heteroatoms. The molecule has 0 bridgehead atoms. The van der Waals surface area contributed by atoms with E-state index in [1.165, 1.54) is 0 Å². The van der Waals surface area contributed by atoms with Crippen LogP contribution >= 0.6 is 0 Å². The van der Waals surface area contributed by atoms with Crippen molar-refractivity contribution in [2.24, 2.45) is 0 Å². The van der Waals surface area contributed by atoms with Crippen molar-refractivity contribution >= 4 is 5.97 Å². The standard InChI is InChI=1S/C11H15NO3/c1-12-10(7-13)11(14)15-8-9-5-3-2-4-6-9/h2-6,10,12-13H,7-8H2,1H3. The summed E-state index contributed by atoms with van der Waals surface area (Å²) < 4.78 is 5.01. The van der Waals surface area contributed by atoms with Gasteiger partial charge in [0.1, 0.15) is 12.6 Å². The number of nitrogens with one attached hydrogen (secondary N) is 1. The van der Waals surface area contributed by atoms with Gasteiger partial charge in [-0.2, -0.15) is 0 Å². The summed E-state index contributed by atoms with van der Waals surface area (Å²) in [5.41, 5.74) is 0.929. The first-order chi connectivity index (χ1) is 7.27. The highest BCUT2D eigenvalue weighted by molar-refractivity contribution is 5.75. The number of likely N-dealkylation sites (N-methyl/N-ethyl adjacent to an activating group) is 1. The summed E-state index contributed by atoms with van der Waals surface area (Å²) in [6.45, 7) is -0.0258. The number of carbonyl (C=O) groups is 1. The van der Waals surface area contributed by atoms with Crippen LogP contribution in [0.2, 0.25) is 0 Å². The minimum Gasteiger partial charge on any atom is -0.460 e. The first-order valence-corrected chi connectivity index (χ1v) is 4.76. The minimum atomic E-state index is -0.645. The summed E-state index contributed by atoms with van der Waals surface area (Å²) >= 11 is 0. The molecule has 15 heavy (non-hydrogen) atoms. The molecule has 82 valence electrons. The van der Waals surface area contributed by atoms with E-state index < -0.39 is 12.0 Å². The van der Waals surface area contributed by atoms with Crippen LogP contribution < -0.4 is 5.32 Å². The highest BCUT2D eigenvalue weighted by Gasteiger charge is 2.16. The van der Waals surface area contributed by atoms with Crippen LogP contribution in [-0.4, -0.2) is 30.8 Å². The zero-order valence-electron chi connectivity index (χ0n) is 8.64. The van der Waals surface area contributed by atoms with Crippen molar-refractivity contribution in [3.63, 3.8) is 0 Å². The first-order valence-electron chi connectivity index (χ1n) is 4.76. The van der Waals surface area contributed by atoms with E-state index in [1.54, 1.807) is 7.05 Å². The molecule has 4 nitrogen and oxygen atoms in total. The Morgan fingerprint density at radius 1 is 1.47 bits per heavy atom. The average molecular weight is 209 g/mol. The Hall–Kier alpha value is -1.39. The minimum absolute atomic E-state index is 0.234. The van der Waals surface area contributed by atoms with Gasteiger partial charge in [-0.1, -0.05) is 30.3 Å². The second-order valence-corrected chi connectivity index (χ2v) is 3.12. The first kappa shape index (κ1) is 11.7. The van der Waals surface area contributed by atoms with Crippen LogP contribution in [0.5, 0.6) is 0 Å². The lowest BCUT2D eigenvalue weighted by atomic mass is 10.2. The van der Waals surface area contributed by atoms with E-state index in [0.29, 0.717) is 0 Å². The second kappa shape index (κ2) is 6.16. The van der Waals surface area contributed by atoms with E-state index in [1.807, 2.05) is 30.3 Å². The molecule has 0 aliphatic heterocycles. The topological polar surface area (TPSA) is 58.6 Å². The van der Waals surface area contributed by atoms with Crippen molar-refractivity contribution in [1.82, 2.24) is 5.32 Å². The molecule has 0 heterocycles. The van der Waals surface area contributed by atoms with Crippen LogP contribution in [0.25, 0.3) is 0 Å². The predicted molar refractivity (Wildman–Crippen MR) is 56.2 cm³/mol. The fourth-order valence-electron chi connectivity index (χ4n) is 1.11. The number of rotatable bonds is 5. The van der Waals surface area contributed by atoms with Gasteiger partial charge in [-0.05, 0) is 12.6 Å². The van der Waals surface area contributed by atoms with Crippen molar-refractivity contribution in [2.45, 2.75) is 12.6 Å². The molecule has 1 aromatic rings. The zero-order valence-corrected chi connectivity index (χ0v) is 8.64. The van der Waals surface area contributed by atoms with Gasteiger partial charge < -0.3 is 15.2 Å². The third-order valence-electron chi connectivity index (χ3n) is 2.04. The van der Waals surface area contributed by atoms with Crippen LogP contribution in [0.3, 0.4) is 0 Å². The molecule has 1 aromatic carbocycles. The number of benzene rings is 1. The van der Waals surface area contributed by atoms with Gasteiger partial charge in [-0.3, -0.25) is 4.79 Å². The number of ether oxygens (including phenoxy) is 1. The summed E-state index contributed by atoms with van der Waals surface area (Å²) in [4.78, 5) is 11.3. The quantitative estimate of drug-likeness (QED) is 0.685. The number of hydrogen-bond donors (Lipinski definition) is 2. The molecular weight excluding hydrogens is 194 g/mol. The van der Waals surface area contributed by atoms with Crippen LogP contribution in [-0.2, 0) is 16.1 Å². The molecular formula is C11H15NO3. The monoisotopic (exact) mass is 209 g/mol. The van der Waals surface area contributed by atoms with Crippen molar-refractivity contribution in [3.05, 3.63) is 35.9 Å². The van der Waals surface area contributed by atoms with E-state index in [0.717, 1.165) is 5.56 Å². The van der Waals surface area contributed by atoms with Gasteiger partial charge in [-0.25, -0.2) is 0 Å². The summed E-state index contributed by atoms with van der Waals surface area (Å²) in [6, 6.07) is 8.76. The van der Waals surface area contributed by atoms with Crippen molar-refractivity contribution < 1.29 is 14.6 Å². The Morgan fingerprint density at radius 3 is 2.67 bits per heavy atom. The lowest BCUT2D eigenvalue weighted by Crippen LogP contribution is -2.38. The van der Waals surface area contributed by atoms with Gasteiger partial charge >= 0.3 is 5.97 Å². The van der Waals surface area contributed by atoms with Crippen LogP contribution in [0.4, 0.5) is 0 Å². The summed E-state index contributed by atoms with van der Waals surface area (Å²) in [5.74, 6) is -0.441. The molecule has 0 radical (unpaired) electrons. The van der Waals surface area contributed by atoms with Gasteiger partial charge in [0.2, 0.25) is 0 Å². The van der Waals surface area contributed by atoms with Gasteiger partial charge in [0, 0.05) is 0 Å². The molecule has 0 saturated carbocycles. The smallest absolute Gasteiger partial charge is 0.325 e. The lowest BCUT2D eigenvalue weighted by molar-refractivity contribution is -0.148. The molecule has 1 rings (SSSR count). The van der Waals surface area contributed by atoms with Crippen molar-refractivity contribution in [1.29, 1.82) is 0 Å². The number of hydrogen-bond acceptors (Lipinski definition) is 4. The van der Waals surface area contributed by atoms with Gasteiger partial charge in [0.15, 0.2) is 0 Å². The number of aliphatic hydroxyl groups is 1. The van der Waals surface area contributed by atoms with E-state index in [-0.39, 0.29) is 13.2 Å². The van der Waals surface area contributed by atoms with Crippen molar-refractivity contribution in [2.75, 3.05) is 13.7 Å². The number of carbonyl (C=O) groups excluding carboxylic acids is 1. The molecule has 1 atom stereocenters. The second-order valence-electron chi connectivity index (χ2n) is 3.12. The summed E-state index contributed by atoms with van der Waals surface area (Å²) in [5, 5.41) is 11.5. The van der Waals surface area contributed by atoms with Crippen LogP contribution in [0.1, 0.15) is 5.56 Å². The molecule has 2 N–H and O–H groups in total. The molecule has 0 aromatic heterocycles. The average Bonchev–Trinajstić information content (AvgIpc) is 2.29. The van der Waals surface area contributed by atoms with Gasteiger partial charge in [-0.15, -0.1) is 0 Å². The Kier molecular flexibility index (Phi) is 4.80. The summed E-state index contributed by atoms with van der Waals surface area (Å²) in [7, 11) is 1.60. The van der Waals surface area contributed by atoms with Crippen molar-refractivity contribution in [3.8, 4) is 0 Å². The molecule has 0 aliphatic rings. The Labute approximate surface area is 88.9 Å². The third kappa shape index (κ3) is 3.69. The van der Waals surface area contributed by atoms with E-state index in [4.69, 9.17) is 9.84 Å². The van der Waals surface area contributed by atoms with E-state index in [2.05, 4.69) is 5.32 Å². The SMILES string of the molecule is CNC(CO)C(=O)OCc1ccccc1. The Bertz CT molecular complexity index is 296. The number of aliphatic hydroxyl groups excluding tert-OH is 1. The molecule has 0 amide bonds. The Balaban J connectivity index is 2.40. The van der Waals surface area contributed by atoms with Gasteiger partial charge in [0.25, 0.3) is 0 Å². The zero-order chi connectivity index (χ0) is 11.1. The molecule has 0 fully saturated rings. The fourth-order valence-corrected chi connectivity index (χ4v) is 1.11. The third-order valence-corrected chi connectivity index (χ3v) is 2.04. The molecule has 0 spiro atoms. The Morgan fingerprint density at radius 2 is 2.13 bits per heavy atom. The van der Waals surface area contributed by atoms with Gasteiger partial charge in [0.05, 0.1) is 6.61 Å². The molecule has 1 unspecified atom stereocenters. The van der Waals surface area contributed by atoms with Crippen LogP contribution in [0, 0.1) is 0 Å². The normalized spacial score (nSPS) is 12.1. The maximum Gasteiger partial charge on any atom is 0.325 e. The predicted octanol–water partition coefficient (Wildman–Crippen LogP) is 0.310. The molecule has 0 aliphatic carbocycles. The lowest BCUT2D eigenvalue weighted by Gasteiger charge is -2.12. The van der Waals surface area contributed by atoms with E-state index in [9.17, 15) is 4.79 Å². The summed E-state index contributed by atoms with van der Waals surface area (Å²) in [6.07, 6.45) is 0. The maximum absolute atomic E-state index is 11.3. The molecule has 0 saturated heterocycles. The maximum atomic E-state index is 11.3. The van der Waals surface area contributed by atoms with E-state index >= 15 is 0 Å². The fraction of sp³-hybridized carbons (Fsp3) is 0.364.